The molecule has 0 saturated heterocycles. The van der Waals surface area contributed by atoms with Gasteiger partial charge in [0.05, 0.1) is 7.11 Å². The molecule has 0 aromatic heterocycles. The minimum absolute atomic E-state index is 0.0669. The topological polar surface area (TPSA) is 77.8 Å². The number of nitrogens with zero attached hydrogens (tertiary/aromatic N) is 1. The summed E-state index contributed by atoms with van der Waals surface area (Å²) in [5, 5.41) is 8.57. The molecule has 27 heavy (non-hydrogen) atoms. The second-order valence-corrected chi connectivity index (χ2v) is 5.52. The molecule has 2 aromatic carbocycles. The van der Waals surface area contributed by atoms with Gasteiger partial charge in [-0.1, -0.05) is 23.8 Å². The zero-order chi connectivity index (χ0) is 19.5. The van der Waals surface area contributed by atoms with Gasteiger partial charge in [0.25, 0.3) is 0 Å². The van der Waals surface area contributed by atoms with Crippen molar-refractivity contribution in [1.82, 2.24) is 0 Å². The van der Waals surface area contributed by atoms with Gasteiger partial charge in [-0.25, -0.2) is 4.79 Å². The van der Waals surface area contributed by atoms with Crippen molar-refractivity contribution in [3.05, 3.63) is 59.7 Å². The third kappa shape index (κ3) is 6.75. The van der Waals surface area contributed by atoms with Crippen LogP contribution in [0, 0.1) is 18.3 Å². The van der Waals surface area contributed by atoms with Crippen molar-refractivity contribution in [3.63, 3.8) is 0 Å². The maximum absolute atomic E-state index is 11.8. The number of benzene rings is 2. The number of hydrogen-bond donors (Lipinski definition) is 0. The standard InChI is InChI=1S/C21H21NO5/c1-16-3-7-18(8-4-16)25-13-14-27-21(23)10-6-17-5-9-19(26-12-11-22)20(15-17)24-2/h3-10,15H,12-14H2,1-2H3/b10-6+. The summed E-state index contributed by atoms with van der Waals surface area (Å²) in [6.07, 6.45) is 2.94. The highest BCUT2D eigenvalue weighted by Gasteiger charge is 2.05. The highest BCUT2D eigenvalue weighted by molar-refractivity contribution is 5.87. The Labute approximate surface area is 158 Å². The summed E-state index contributed by atoms with van der Waals surface area (Å²) >= 11 is 0. The van der Waals surface area contributed by atoms with Gasteiger partial charge < -0.3 is 18.9 Å². The van der Waals surface area contributed by atoms with Gasteiger partial charge in [-0.3, -0.25) is 0 Å². The number of nitriles is 1. The van der Waals surface area contributed by atoms with Crippen LogP contribution in [0.15, 0.2) is 48.5 Å². The third-order valence-corrected chi connectivity index (χ3v) is 3.51. The molecular weight excluding hydrogens is 346 g/mol. The first-order valence-corrected chi connectivity index (χ1v) is 8.34. The molecule has 140 valence electrons. The fourth-order valence-corrected chi connectivity index (χ4v) is 2.17. The molecule has 0 spiro atoms. The van der Waals surface area contributed by atoms with Crippen LogP contribution in [0.5, 0.6) is 17.2 Å². The molecule has 6 nitrogen and oxygen atoms in total. The average molecular weight is 367 g/mol. The number of hydrogen-bond acceptors (Lipinski definition) is 6. The SMILES string of the molecule is COc1cc(/C=C/C(=O)OCCOc2ccc(C)cc2)ccc1OCC#N. The molecule has 0 saturated carbocycles. The van der Waals surface area contributed by atoms with E-state index in [1.54, 1.807) is 24.3 Å². The average Bonchev–Trinajstić information content (AvgIpc) is 2.69. The molecule has 0 atom stereocenters. The first kappa shape index (κ1) is 19.9. The number of aryl methyl sites for hydroxylation is 1. The lowest BCUT2D eigenvalue weighted by atomic mass is 10.2. The Kier molecular flexibility index (Phi) is 7.73. The van der Waals surface area contributed by atoms with Crippen LogP contribution >= 0.6 is 0 Å². The maximum Gasteiger partial charge on any atom is 0.330 e. The first-order valence-electron chi connectivity index (χ1n) is 8.34. The fourth-order valence-electron chi connectivity index (χ4n) is 2.17. The smallest absolute Gasteiger partial charge is 0.330 e. The molecule has 0 aliphatic heterocycles. The number of carbonyl (C=O) groups is 1. The van der Waals surface area contributed by atoms with E-state index in [4.69, 9.17) is 24.2 Å². The summed E-state index contributed by atoms with van der Waals surface area (Å²) in [5.74, 6) is 1.21. The Bertz CT molecular complexity index is 821. The minimum atomic E-state index is -0.466. The summed E-state index contributed by atoms with van der Waals surface area (Å²) in [6.45, 7) is 2.37. The van der Waals surface area contributed by atoms with Crippen molar-refractivity contribution in [1.29, 1.82) is 5.26 Å². The van der Waals surface area contributed by atoms with Crippen molar-refractivity contribution >= 4 is 12.0 Å². The Hall–Kier alpha value is -3.46. The van der Waals surface area contributed by atoms with E-state index >= 15 is 0 Å². The van der Waals surface area contributed by atoms with Crippen molar-refractivity contribution in [2.75, 3.05) is 26.9 Å². The summed E-state index contributed by atoms with van der Waals surface area (Å²) in [4.78, 5) is 11.8. The molecule has 0 aliphatic carbocycles. The van der Waals surface area contributed by atoms with Crippen LogP contribution in [-0.2, 0) is 9.53 Å². The zero-order valence-electron chi connectivity index (χ0n) is 15.3. The molecule has 0 amide bonds. The minimum Gasteiger partial charge on any atom is -0.493 e. The molecule has 0 heterocycles. The molecule has 2 rings (SSSR count). The second kappa shape index (κ2) is 10.5. The maximum atomic E-state index is 11.8. The first-order chi connectivity index (χ1) is 13.1. The number of rotatable bonds is 9. The molecule has 0 aliphatic rings. The van der Waals surface area contributed by atoms with Crippen LogP contribution < -0.4 is 14.2 Å². The van der Waals surface area contributed by atoms with Crippen molar-refractivity contribution in [3.8, 4) is 23.3 Å². The Morgan fingerprint density at radius 2 is 1.85 bits per heavy atom. The van der Waals surface area contributed by atoms with Gasteiger partial charge in [0.1, 0.15) is 25.0 Å². The number of carbonyl (C=O) groups excluding carboxylic acids is 1. The zero-order valence-corrected chi connectivity index (χ0v) is 15.3. The van der Waals surface area contributed by atoms with Crippen molar-refractivity contribution in [2.45, 2.75) is 6.92 Å². The largest absolute Gasteiger partial charge is 0.493 e. The monoisotopic (exact) mass is 367 g/mol. The van der Waals surface area contributed by atoms with Crippen LogP contribution in [0.2, 0.25) is 0 Å². The third-order valence-electron chi connectivity index (χ3n) is 3.51. The molecule has 0 unspecified atom stereocenters. The van der Waals surface area contributed by atoms with Gasteiger partial charge in [-0.2, -0.15) is 5.26 Å². The van der Waals surface area contributed by atoms with Gasteiger partial charge in [-0.15, -0.1) is 0 Å². The molecule has 2 aromatic rings. The summed E-state index contributed by atoms with van der Waals surface area (Å²) in [7, 11) is 1.50. The van der Waals surface area contributed by atoms with E-state index in [-0.39, 0.29) is 19.8 Å². The van der Waals surface area contributed by atoms with Crippen LogP contribution in [0.25, 0.3) is 6.08 Å². The van der Waals surface area contributed by atoms with E-state index in [1.807, 2.05) is 37.3 Å². The number of ether oxygens (including phenoxy) is 4. The predicted octanol–water partition coefficient (Wildman–Crippen LogP) is 3.54. The van der Waals surface area contributed by atoms with Crippen molar-refractivity contribution < 1.29 is 23.7 Å². The highest BCUT2D eigenvalue weighted by Crippen LogP contribution is 2.28. The van der Waals surface area contributed by atoms with Crippen LogP contribution in [0.1, 0.15) is 11.1 Å². The molecular formula is C21H21NO5. The molecule has 0 fully saturated rings. The van der Waals surface area contributed by atoms with Gasteiger partial charge in [-0.05, 0) is 42.8 Å². The van der Waals surface area contributed by atoms with E-state index in [1.165, 1.54) is 13.2 Å². The summed E-state index contributed by atoms with van der Waals surface area (Å²) in [5.41, 5.74) is 1.89. The van der Waals surface area contributed by atoms with E-state index in [9.17, 15) is 4.79 Å². The highest BCUT2D eigenvalue weighted by atomic mass is 16.6. The van der Waals surface area contributed by atoms with Gasteiger partial charge in [0, 0.05) is 6.08 Å². The Balaban J connectivity index is 1.80. The van der Waals surface area contributed by atoms with E-state index in [2.05, 4.69) is 0 Å². The van der Waals surface area contributed by atoms with E-state index < -0.39 is 5.97 Å². The molecule has 0 radical (unpaired) electrons. The quantitative estimate of drug-likeness (QED) is 0.383. The number of esters is 1. The Morgan fingerprint density at radius 1 is 1.07 bits per heavy atom. The molecule has 0 N–H and O–H groups in total. The van der Waals surface area contributed by atoms with Gasteiger partial charge in [0.15, 0.2) is 18.1 Å². The molecule has 6 heteroatoms. The van der Waals surface area contributed by atoms with Gasteiger partial charge in [0.2, 0.25) is 0 Å². The second-order valence-electron chi connectivity index (χ2n) is 5.52. The lowest BCUT2D eigenvalue weighted by Crippen LogP contribution is -2.10. The Morgan fingerprint density at radius 3 is 2.56 bits per heavy atom. The lowest BCUT2D eigenvalue weighted by Gasteiger charge is -2.09. The summed E-state index contributed by atoms with van der Waals surface area (Å²) < 4.78 is 21.1. The van der Waals surface area contributed by atoms with Crippen LogP contribution in [0.3, 0.4) is 0 Å². The summed E-state index contributed by atoms with van der Waals surface area (Å²) in [6, 6.07) is 14.7. The van der Waals surface area contributed by atoms with Crippen LogP contribution in [0.4, 0.5) is 0 Å². The normalized spacial score (nSPS) is 10.3. The lowest BCUT2D eigenvalue weighted by molar-refractivity contribution is -0.138. The van der Waals surface area contributed by atoms with E-state index in [0.717, 1.165) is 16.9 Å². The van der Waals surface area contributed by atoms with E-state index in [0.29, 0.717) is 11.5 Å². The fraction of sp³-hybridized carbons (Fsp3) is 0.238. The number of methoxy groups -OCH3 is 1. The van der Waals surface area contributed by atoms with Gasteiger partial charge >= 0.3 is 5.97 Å². The predicted molar refractivity (Wildman–Crippen MR) is 101 cm³/mol. The van der Waals surface area contributed by atoms with Crippen molar-refractivity contribution in [2.24, 2.45) is 0 Å². The molecule has 0 bridgehead atoms. The van der Waals surface area contributed by atoms with Crippen LogP contribution in [-0.4, -0.2) is 32.9 Å².